The van der Waals surface area contributed by atoms with Crippen molar-refractivity contribution in [2.24, 2.45) is 0 Å². The van der Waals surface area contributed by atoms with Crippen LogP contribution in [0.25, 0.3) is 0 Å². The van der Waals surface area contributed by atoms with Gasteiger partial charge >= 0.3 is 0 Å². The van der Waals surface area contributed by atoms with Gasteiger partial charge in [-0.25, -0.2) is 8.42 Å². The molecule has 1 atom stereocenters. The molecule has 3 aromatic carbocycles. The summed E-state index contributed by atoms with van der Waals surface area (Å²) in [6.45, 7) is 6.33. The van der Waals surface area contributed by atoms with Crippen LogP contribution in [0, 0.1) is 0 Å². The summed E-state index contributed by atoms with van der Waals surface area (Å²) in [4.78, 5) is 13.1. The number of nitrogens with zero attached hydrogens (tertiary/aromatic N) is 1. The van der Waals surface area contributed by atoms with E-state index >= 15 is 0 Å². The van der Waals surface area contributed by atoms with Gasteiger partial charge in [-0.3, -0.25) is 9.10 Å². The SMILES string of the molecule is CCOc1ccc([C@@H](C)NC(=O)CN(c2ccc(OCC)cc2)S(=O)(=O)c2ccccc2)cc1. The summed E-state index contributed by atoms with van der Waals surface area (Å²) >= 11 is 0. The Hall–Kier alpha value is -3.52. The van der Waals surface area contributed by atoms with Gasteiger partial charge in [-0.1, -0.05) is 30.3 Å². The van der Waals surface area contributed by atoms with Crippen LogP contribution >= 0.6 is 0 Å². The van der Waals surface area contributed by atoms with Crippen molar-refractivity contribution < 1.29 is 22.7 Å². The number of ether oxygens (including phenoxy) is 2. The van der Waals surface area contributed by atoms with Crippen LogP contribution < -0.4 is 19.1 Å². The van der Waals surface area contributed by atoms with Crippen molar-refractivity contribution in [1.29, 1.82) is 0 Å². The van der Waals surface area contributed by atoms with Gasteiger partial charge in [0, 0.05) is 0 Å². The van der Waals surface area contributed by atoms with Crippen LogP contribution in [-0.4, -0.2) is 34.1 Å². The summed E-state index contributed by atoms with van der Waals surface area (Å²) in [5, 5.41) is 2.89. The van der Waals surface area contributed by atoms with E-state index in [1.54, 1.807) is 42.5 Å². The molecule has 0 bridgehead atoms. The number of sulfonamides is 1. The second kappa shape index (κ2) is 11.6. The van der Waals surface area contributed by atoms with Crippen LogP contribution in [0.5, 0.6) is 11.5 Å². The highest BCUT2D eigenvalue weighted by atomic mass is 32.2. The van der Waals surface area contributed by atoms with Gasteiger partial charge in [-0.15, -0.1) is 0 Å². The third kappa shape index (κ3) is 6.29. The van der Waals surface area contributed by atoms with E-state index in [0.717, 1.165) is 15.6 Å². The first-order valence-corrected chi connectivity index (χ1v) is 12.6. The second-order valence-corrected chi connectivity index (χ2v) is 9.41. The van der Waals surface area contributed by atoms with Gasteiger partial charge < -0.3 is 14.8 Å². The van der Waals surface area contributed by atoms with E-state index in [2.05, 4.69) is 5.32 Å². The van der Waals surface area contributed by atoms with Gasteiger partial charge in [0.25, 0.3) is 10.0 Å². The molecule has 0 spiro atoms. The first-order chi connectivity index (χ1) is 16.3. The number of rotatable bonds is 11. The molecule has 0 unspecified atom stereocenters. The molecule has 1 amide bonds. The first kappa shape index (κ1) is 25.1. The number of amides is 1. The molecule has 7 nitrogen and oxygen atoms in total. The maximum atomic E-state index is 13.4. The minimum atomic E-state index is -3.97. The summed E-state index contributed by atoms with van der Waals surface area (Å²) in [5.41, 5.74) is 1.26. The maximum absolute atomic E-state index is 13.4. The van der Waals surface area contributed by atoms with Gasteiger partial charge in [0.05, 0.1) is 29.8 Å². The Balaban J connectivity index is 1.82. The molecule has 0 fully saturated rings. The van der Waals surface area contributed by atoms with E-state index in [0.29, 0.717) is 24.7 Å². The van der Waals surface area contributed by atoms with Crippen LogP contribution in [0.15, 0.2) is 83.8 Å². The monoisotopic (exact) mass is 482 g/mol. The van der Waals surface area contributed by atoms with Crippen molar-refractivity contribution in [2.75, 3.05) is 24.1 Å². The number of hydrogen-bond acceptors (Lipinski definition) is 5. The Labute approximate surface area is 201 Å². The topological polar surface area (TPSA) is 84.9 Å². The zero-order valence-electron chi connectivity index (χ0n) is 19.6. The van der Waals surface area contributed by atoms with E-state index in [1.165, 1.54) is 12.1 Å². The largest absolute Gasteiger partial charge is 0.494 e. The minimum absolute atomic E-state index is 0.108. The molecule has 8 heteroatoms. The van der Waals surface area contributed by atoms with Gasteiger partial charge in [0.1, 0.15) is 18.0 Å². The Morgan fingerprint density at radius 1 is 0.853 bits per heavy atom. The van der Waals surface area contributed by atoms with E-state index in [1.807, 2.05) is 45.0 Å². The highest BCUT2D eigenvalue weighted by Gasteiger charge is 2.27. The molecule has 0 saturated carbocycles. The van der Waals surface area contributed by atoms with E-state index in [4.69, 9.17) is 9.47 Å². The normalized spacial score (nSPS) is 12.0. The fourth-order valence-corrected chi connectivity index (χ4v) is 4.87. The molecule has 34 heavy (non-hydrogen) atoms. The average molecular weight is 483 g/mol. The third-order valence-corrected chi connectivity index (χ3v) is 6.91. The Bertz CT molecular complexity index is 1160. The highest BCUT2D eigenvalue weighted by Crippen LogP contribution is 2.26. The third-order valence-electron chi connectivity index (χ3n) is 5.12. The lowest BCUT2D eigenvalue weighted by Gasteiger charge is -2.25. The Kier molecular flexibility index (Phi) is 8.54. The van der Waals surface area contributed by atoms with Crippen LogP contribution in [0.4, 0.5) is 5.69 Å². The summed E-state index contributed by atoms with van der Waals surface area (Å²) in [5.74, 6) is 0.951. The van der Waals surface area contributed by atoms with Crippen LogP contribution in [0.3, 0.4) is 0 Å². The van der Waals surface area contributed by atoms with Crippen LogP contribution in [0.2, 0.25) is 0 Å². The Morgan fingerprint density at radius 3 is 1.91 bits per heavy atom. The number of benzene rings is 3. The van der Waals surface area contributed by atoms with Crippen molar-refractivity contribution in [3.63, 3.8) is 0 Å². The van der Waals surface area contributed by atoms with Gasteiger partial charge in [0.15, 0.2) is 0 Å². The molecule has 0 aliphatic heterocycles. The quantitative estimate of drug-likeness (QED) is 0.433. The van der Waals surface area contributed by atoms with E-state index < -0.39 is 15.9 Å². The molecule has 0 aromatic heterocycles. The molecule has 0 aliphatic rings. The number of carbonyl (C=O) groups excluding carboxylic acids is 1. The van der Waals surface area contributed by atoms with Crippen molar-refractivity contribution in [1.82, 2.24) is 5.32 Å². The zero-order chi connectivity index (χ0) is 24.6. The van der Waals surface area contributed by atoms with Crippen LogP contribution in [-0.2, 0) is 14.8 Å². The molecule has 0 saturated heterocycles. The summed E-state index contributed by atoms with van der Waals surface area (Å²) < 4.78 is 38.9. The lowest BCUT2D eigenvalue weighted by molar-refractivity contribution is -0.120. The Morgan fingerprint density at radius 2 is 1.38 bits per heavy atom. The van der Waals surface area contributed by atoms with Gasteiger partial charge in [-0.05, 0) is 74.9 Å². The molecular weight excluding hydrogens is 452 g/mol. The lowest BCUT2D eigenvalue weighted by atomic mass is 10.1. The van der Waals surface area contributed by atoms with Crippen molar-refractivity contribution >= 4 is 21.6 Å². The molecule has 3 aromatic rings. The zero-order valence-corrected chi connectivity index (χ0v) is 20.4. The molecule has 1 N–H and O–H groups in total. The molecule has 0 aliphatic carbocycles. The molecule has 0 radical (unpaired) electrons. The molecule has 180 valence electrons. The lowest BCUT2D eigenvalue weighted by Crippen LogP contribution is -2.41. The predicted octanol–water partition coefficient (Wildman–Crippen LogP) is 4.56. The van der Waals surface area contributed by atoms with Crippen LogP contribution in [0.1, 0.15) is 32.4 Å². The van der Waals surface area contributed by atoms with Crippen molar-refractivity contribution in [2.45, 2.75) is 31.7 Å². The number of carbonyl (C=O) groups is 1. The minimum Gasteiger partial charge on any atom is -0.494 e. The van der Waals surface area contributed by atoms with Gasteiger partial charge in [0.2, 0.25) is 5.91 Å². The summed E-state index contributed by atoms with van der Waals surface area (Å²) in [7, 11) is -3.97. The number of nitrogens with one attached hydrogen (secondary N) is 1. The van der Waals surface area contributed by atoms with Crippen molar-refractivity contribution in [3.8, 4) is 11.5 Å². The van der Waals surface area contributed by atoms with Gasteiger partial charge in [-0.2, -0.15) is 0 Å². The highest BCUT2D eigenvalue weighted by molar-refractivity contribution is 7.92. The summed E-state index contributed by atoms with van der Waals surface area (Å²) in [6.07, 6.45) is 0. The molecule has 3 rings (SSSR count). The number of hydrogen-bond donors (Lipinski definition) is 1. The smallest absolute Gasteiger partial charge is 0.264 e. The fourth-order valence-electron chi connectivity index (χ4n) is 3.43. The number of anilines is 1. The van der Waals surface area contributed by atoms with Crippen molar-refractivity contribution in [3.05, 3.63) is 84.4 Å². The second-order valence-electron chi connectivity index (χ2n) is 7.54. The van der Waals surface area contributed by atoms with E-state index in [9.17, 15) is 13.2 Å². The standard InChI is InChI=1S/C26H30N2O5S/c1-4-32-23-15-11-21(12-16-23)20(3)27-26(29)19-28(22-13-17-24(18-14-22)33-5-2)34(30,31)25-9-7-6-8-10-25/h6-18,20H,4-5,19H2,1-3H3,(H,27,29)/t20-/m1/s1. The first-order valence-electron chi connectivity index (χ1n) is 11.2. The van der Waals surface area contributed by atoms with E-state index in [-0.39, 0.29) is 17.5 Å². The molecular formula is C26H30N2O5S. The fraction of sp³-hybridized carbons (Fsp3) is 0.269. The predicted molar refractivity (Wildman–Crippen MR) is 133 cm³/mol. The maximum Gasteiger partial charge on any atom is 0.264 e. The molecule has 0 heterocycles. The summed E-state index contributed by atoms with van der Waals surface area (Å²) in [6, 6.07) is 21.8. The average Bonchev–Trinajstić information content (AvgIpc) is 2.84.